The van der Waals surface area contributed by atoms with Gasteiger partial charge in [-0.1, -0.05) is 0 Å². The first kappa shape index (κ1) is 14.5. The lowest BCUT2D eigenvalue weighted by molar-refractivity contribution is 0.395. The number of aromatic nitrogens is 1. The Morgan fingerprint density at radius 1 is 1.00 bits per heavy atom. The zero-order chi connectivity index (χ0) is 15.5. The second-order valence-corrected chi connectivity index (χ2v) is 5.47. The van der Waals surface area contributed by atoms with Crippen molar-refractivity contribution in [1.29, 1.82) is 0 Å². The third kappa shape index (κ3) is 2.80. The Morgan fingerprint density at radius 3 is 2.45 bits per heavy atom. The highest BCUT2D eigenvalue weighted by atomic mass is 32.1. The van der Waals surface area contributed by atoms with Gasteiger partial charge in [-0.25, -0.2) is 9.37 Å². The second-order valence-electron chi connectivity index (χ2n) is 4.61. The maximum atomic E-state index is 13.0. The van der Waals surface area contributed by atoms with E-state index in [0.717, 1.165) is 27.6 Å². The number of nitrogens with zero attached hydrogens (tertiary/aromatic N) is 1. The van der Waals surface area contributed by atoms with Crippen molar-refractivity contribution < 1.29 is 13.9 Å². The molecule has 0 amide bonds. The molecule has 1 aromatic heterocycles. The van der Waals surface area contributed by atoms with E-state index < -0.39 is 0 Å². The summed E-state index contributed by atoms with van der Waals surface area (Å²) in [5, 5.41) is 2.80. The Labute approximate surface area is 132 Å². The molecule has 0 aliphatic carbocycles. The molecule has 1 heterocycles. The molecular formula is C17H14FNO2S. The van der Waals surface area contributed by atoms with Crippen LogP contribution in [0.2, 0.25) is 0 Å². The highest BCUT2D eigenvalue weighted by Crippen LogP contribution is 2.36. The van der Waals surface area contributed by atoms with Gasteiger partial charge in [0.1, 0.15) is 22.3 Å². The monoisotopic (exact) mass is 315 g/mol. The lowest BCUT2D eigenvalue weighted by Crippen LogP contribution is -1.90. The highest BCUT2D eigenvalue weighted by Gasteiger charge is 2.12. The van der Waals surface area contributed by atoms with Crippen LogP contribution < -0.4 is 9.47 Å². The van der Waals surface area contributed by atoms with Crippen LogP contribution in [-0.2, 0) is 0 Å². The number of rotatable bonds is 4. The predicted molar refractivity (Wildman–Crippen MR) is 86.0 cm³/mol. The number of hydrogen-bond acceptors (Lipinski definition) is 4. The molecule has 3 aromatic rings. The van der Waals surface area contributed by atoms with Crippen LogP contribution in [0, 0.1) is 5.82 Å². The van der Waals surface area contributed by atoms with E-state index in [0.29, 0.717) is 5.75 Å². The first-order valence-corrected chi connectivity index (χ1v) is 7.53. The van der Waals surface area contributed by atoms with Crippen molar-refractivity contribution in [2.24, 2.45) is 0 Å². The molecule has 0 atom stereocenters. The number of methoxy groups -OCH3 is 2. The normalized spacial score (nSPS) is 10.5. The number of halogens is 1. The molecule has 0 unspecified atom stereocenters. The zero-order valence-corrected chi connectivity index (χ0v) is 13.0. The molecule has 2 aromatic carbocycles. The molecule has 0 bridgehead atoms. The fourth-order valence-corrected chi connectivity index (χ4v) is 2.98. The SMILES string of the molecule is COc1ccc(-c2nc(-c3ccc(F)cc3)cs2)c(OC)c1. The van der Waals surface area contributed by atoms with Crippen molar-refractivity contribution in [3.05, 3.63) is 53.7 Å². The van der Waals surface area contributed by atoms with Crippen LogP contribution in [0.15, 0.2) is 47.8 Å². The van der Waals surface area contributed by atoms with E-state index in [-0.39, 0.29) is 5.82 Å². The molecule has 22 heavy (non-hydrogen) atoms. The summed E-state index contributed by atoms with van der Waals surface area (Å²) in [5.74, 6) is 1.19. The second kappa shape index (κ2) is 6.15. The third-order valence-corrected chi connectivity index (χ3v) is 4.16. The molecular weight excluding hydrogens is 301 g/mol. The predicted octanol–water partition coefficient (Wildman–Crippen LogP) is 4.63. The van der Waals surface area contributed by atoms with Gasteiger partial charge in [0.25, 0.3) is 0 Å². The Kier molecular flexibility index (Phi) is 4.06. The highest BCUT2D eigenvalue weighted by molar-refractivity contribution is 7.13. The Bertz CT molecular complexity index is 784. The average Bonchev–Trinajstić information content (AvgIpc) is 3.04. The number of ether oxygens (including phenoxy) is 2. The topological polar surface area (TPSA) is 31.4 Å². The molecule has 0 spiro atoms. The van der Waals surface area contributed by atoms with Crippen molar-refractivity contribution >= 4 is 11.3 Å². The van der Waals surface area contributed by atoms with Gasteiger partial charge >= 0.3 is 0 Å². The van der Waals surface area contributed by atoms with E-state index in [1.54, 1.807) is 26.4 Å². The van der Waals surface area contributed by atoms with Crippen LogP contribution >= 0.6 is 11.3 Å². The number of hydrogen-bond donors (Lipinski definition) is 0. The Hall–Kier alpha value is -2.40. The van der Waals surface area contributed by atoms with Gasteiger partial charge in [0, 0.05) is 17.0 Å². The van der Waals surface area contributed by atoms with Gasteiger partial charge in [0.05, 0.1) is 25.5 Å². The number of thiazole rings is 1. The Morgan fingerprint density at radius 2 is 1.77 bits per heavy atom. The van der Waals surface area contributed by atoms with Gasteiger partial charge in [0.15, 0.2) is 0 Å². The van der Waals surface area contributed by atoms with Crippen LogP contribution in [0.5, 0.6) is 11.5 Å². The summed E-state index contributed by atoms with van der Waals surface area (Å²) in [6.07, 6.45) is 0. The van der Waals surface area contributed by atoms with Gasteiger partial charge in [-0.2, -0.15) is 0 Å². The fraction of sp³-hybridized carbons (Fsp3) is 0.118. The summed E-state index contributed by atoms with van der Waals surface area (Å²) in [6.45, 7) is 0. The smallest absolute Gasteiger partial charge is 0.132 e. The lowest BCUT2D eigenvalue weighted by atomic mass is 10.1. The first-order valence-electron chi connectivity index (χ1n) is 6.65. The molecule has 0 fully saturated rings. The van der Waals surface area contributed by atoms with Crippen molar-refractivity contribution in [3.8, 4) is 33.3 Å². The van der Waals surface area contributed by atoms with E-state index in [9.17, 15) is 4.39 Å². The van der Waals surface area contributed by atoms with Gasteiger partial charge < -0.3 is 9.47 Å². The molecule has 0 aliphatic rings. The van der Waals surface area contributed by atoms with Gasteiger partial charge in [0.2, 0.25) is 0 Å². The van der Waals surface area contributed by atoms with E-state index in [1.807, 2.05) is 23.6 Å². The summed E-state index contributed by atoms with van der Waals surface area (Å²) in [4.78, 5) is 4.62. The standard InChI is InChI=1S/C17H14FNO2S/c1-20-13-7-8-14(16(9-13)21-2)17-19-15(10-22-17)11-3-5-12(18)6-4-11/h3-10H,1-2H3. The fourth-order valence-electron chi connectivity index (χ4n) is 2.13. The van der Waals surface area contributed by atoms with E-state index in [4.69, 9.17) is 9.47 Å². The average molecular weight is 315 g/mol. The molecule has 3 rings (SSSR count). The van der Waals surface area contributed by atoms with Crippen molar-refractivity contribution in [1.82, 2.24) is 4.98 Å². The van der Waals surface area contributed by atoms with Crippen LogP contribution in [0.1, 0.15) is 0 Å². The van der Waals surface area contributed by atoms with E-state index >= 15 is 0 Å². The third-order valence-electron chi connectivity index (χ3n) is 3.28. The maximum Gasteiger partial charge on any atom is 0.132 e. The molecule has 0 N–H and O–H groups in total. The van der Waals surface area contributed by atoms with Crippen molar-refractivity contribution in [3.63, 3.8) is 0 Å². The molecule has 112 valence electrons. The molecule has 0 saturated carbocycles. The van der Waals surface area contributed by atoms with Gasteiger partial charge in [-0.3, -0.25) is 0 Å². The minimum Gasteiger partial charge on any atom is -0.497 e. The van der Waals surface area contributed by atoms with Crippen LogP contribution in [0.25, 0.3) is 21.8 Å². The minimum absolute atomic E-state index is 0.254. The Balaban J connectivity index is 1.98. The van der Waals surface area contributed by atoms with Crippen LogP contribution in [0.4, 0.5) is 4.39 Å². The molecule has 0 radical (unpaired) electrons. The molecule has 3 nitrogen and oxygen atoms in total. The summed E-state index contributed by atoms with van der Waals surface area (Å²) in [5.41, 5.74) is 2.61. The van der Waals surface area contributed by atoms with Gasteiger partial charge in [-0.05, 0) is 36.4 Å². The molecule has 0 saturated heterocycles. The summed E-state index contributed by atoms with van der Waals surface area (Å²) in [6, 6.07) is 11.9. The number of benzene rings is 2. The van der Waals surface area contributed by atoms with Crippen molar-refractivity contribution in [2.75, 3.05) is 14.2 Å². The summed E-state index contributed by atoms with van der Waals surface area (Å²) >= 11 is 1.52. The van der Waals surface area contributed by atoms with Gasteiger partial charge in [-0.15, -0.1) is 11.3 Å². The summed E-state index contributed by atoms with van der Waals surface area (Å²) in [7, 11) is 3.23. The van der Waals surface area contributed by atoms with Crippen LogP contribution in [0.3, 0.4) is 0 Å². The maximum absolute atomic E-state index is 13.0. The molecule has 0 aliphatic heterocycles. The quantitative estimate of drug-likeness (QED) is 0.703. The first-order chi connectivity index (χ1) is 10.7. The van der Waals surface area contributed by atoms with Crippen LogP contribution in [-0.4, -0.2) is 19.2 Å². The van der Waals surface area contributed by atoms with E-state index in [1.165, 1.54) is 23.5 Å². The van der Waals surface area contributed by atoms with E-state index in [2.05, 4.69) is 4.98 Å². The largest absolute Gasteiger partial charge is 0.497 e. The molecule has 5 heteroatoms. The zero-order valence-electron chi connectivity index (χ0n) is 12.2. The van der Waals surface area contributed by atoms with Crippen molar-refractivity contribution in [2.45, 2.75) is 0 Å². The minimum atomic E-state index is -0.254. The lowest BCUT2D eigenvalue weighted by Gasteiger charge is -2.08. The summed E-state index contributed by atoms with van der Waals surface area (Å²) < 4.78 is 23.6.